The third kappa shape index (κ3) is 4.17. The molecule has 0 aromatic carbocycles. The fourth-order valence-corrected chi connectivity index (χ4v) is 5.63. The number of carbonyl (C=O) groups excluding carboxylic acids is 1. The van der Waals surface area contributed by atoms with Gasteiger partial charge in [-0.25, -0.2) is 9.97 Å². The summed E-state index contributed by atoms with van der Waals surface area (Å²) >= 11 is 0. The summed E-state index contributed by atoms with van der Waals surface area (Å²) in [5.41, 5.74) is 3.25. The van der Waals surface area contributed by atoms with Crippen molar-refractivity contribution in [2.45, 2.75) is 64.3 Å². The van der Waals surface area contributed by atoms with Crippen LogP contribution in [0.5, 0.6) is 0 Å². The number of pyridine rings is 1. The second kappa shape index (κ2) is 8.56. The third-order valence-corrected chi connectivity index (χ3v) is 7.43. The SMILES string of the molecule is CC(C)c1nc(N2CCC(NC(=O)C3[C@H]4CCCC[C@H]34)CC2)ncc1-c1ccncc1. The van der Waals surface area contributed by atoms with Crippen molar-refractivity contribution in [1.82, 2.24) is 20.3 Å². The van der Waals surface area contributed by atoms with Crippen LogP contribution in [0.15, 0.2) is 30.7 Å². The smallest absolute Gasteiger partial charge is 0.225 e. The van der Waals surface area contributed by atoms with Gasteiger partial charge in [-0.05, 0) is 61.1 Å². The van der Waals surface area contributed by atoms with Gasteiger partial charge in [0.1, 0.15) is 0 Å². The van der Waals surface area contributed by atoms with Crippen molar-refractivity contribution >= 4 is 11.9 Å². The van der Waals surface area contributed by atoms with E-state index in [2.05, 4.69) is 29.0 Å². The van der Waals surface area contributed by atoms with E-state index in [-0.39, 0.29) is 6.04 Å². The number of rotatable bonds is 5. The molecule has 2 aliphatic carbocycles. The first kappa shape index (κ1) is 20.4. The van der Waals surface area contributed by atoms with Gasteiger partial charge in [-0.3, -0.25) is 9.78 Å². The maximum atomic E-state index is 12.7. The lowest BCUT2D eigenvalue weighted by molar-refractivity contribution is -0.123. The van der Waals surface area contributed by atoms with Crippen molar-refractivity contribution in [1.29, 1.82) is 0 Å². The predicted octanol–water partition coefficient (Wildman–Crippen LogP) is 4.18. The maximum Gasteiger partial charge on any atom is 0.225 e. The molecule has 0 unspecified atom stereocenters. The van der Waals surface area contributed by atoms with Crippen LogP contribution >= 0.6 is 0 Å². The maximum absolute atomic E-state index is 12.7. The molecule has 1 N–H and O–H groups in total. The topological polar surface area (TPSA) is 71.0 Å². The highest BCUT2D eigenvalue weighted by Crippen LogP contribution is 2.55. The van der Waals surface area contributed by atoms with Crippen LogP contribution in [0.1, 0.15) is 64.0 Å². The normalized spacial score (nSPS) is 25.9. The number of aromatic nitrogens is 3. The Morgan fingerprint density at radius 3 is 2.39 bits per heavy atom. The molecular weight excluding hydrogens is 386 g/mol. The quantitative estimate of drug-likeness (QED) is 0.787. The molecule has 3 fully saturated rings. The molecule has 0 bridgehead atoms. The van der Waals surface area contributed by atoms with Crippen LogP contribution in [0.4, 0.5) is 5.95 Å². The van der Waals surface area contributed by atoms with Crippen LogP contribution in [0.2, 0.25) is 0 Å². The second-order valence-electron chi connectivity index (χ2n) is 9.77. The highest BCUT2D eigenvalue weighted by atomic mass is 16.2. The molecule has 3 heterocycles. The van der Waals surface area contributed by atoms with Gasteiger partial charge in [0.25, 0.3) is 0 Å². The number of piperidine rings is 1. The standard InChI is InChI=1S/C25H33N5O/c1-16(2)23-21(17-7-11-26-12-8-17)15-27-25(29-23)30-13-9-18(10-14-30)28-24(31)22-19-5-3-4-6-20(19)22/h7-8,11-12,15-16,18-20,22H,3-6,9-10,13-14H2,1-2H3,(H,28,31)/t19-,20-/m0/s1. The van der Waals surface area contributed by atoms with Crippen molar-refractivity contribution in [3.63, 3.8) is 0 Å². The summed E-state index contributed by atoms with van der Waals surface area (Å²) in [6, 6.07) is 4.30. The van der Waals surface area contributed by atoms with E-state index in [1.807, 2.05) is 30.7 Å². The van der Waals surface area contributed by atoms with Crippen molar-refractivity contribution in [2.24, 2.45) is 17.8 Å². The molecule has 2 atom stereocenters. The Labute approximate surface area is 184 Å². The third-order valence-electron chi connectivity index (χ3n) is 7.43. The zero-order valence-electron chi connectivity index (χ0n) is 18.6. The Morgan fingerprint density at radius 2 is 1.74 bits per heavy atom. The van der Waals surface area contributed by atoms with E-state index in [0.29, 0.717) is 29.6 Å². The zero-order chi connectivity index (χ0) is 21.4. The summed E-state index contributed by atoms with van der Waals surface area (Å²) < 4.78 is 0. The largest absolute Gasteiger partial charge is 0.353 e. The summed E-state index contributed by atoms with van der Waals surface area (Å²) in [5, 5.41) is 3.36. The van der Waals surface area contributed by atoms with Gasteiger partial charge in [-0.15, -0.1) is 0 Å². The van der Waals surface area contributed by atoms with Crippen molar-refractivity contribution < 1.29 is 4.79 Å². The molecular formula is C25H33N5O. The number of nitrogens with one attached hydrogen (secondary N) is 1. The van der Waals surface area contributed by atoms with Crippen LogP contribution in [0.25, 0.3) is 11.1 Å². The van der Waals surface area contributed by atoms with E-state index >= 15 is 0 Å². The van der Waals surface area contributed by atoms with Crippen LogP contribution < -0.4 is 10.2 Å². The number of hydrogen-bond acceptors (Lipinski definition) is 5. The molecule has 1 aliphatic heterocycles. The Kier molecular flexibility index (Phi) is 5.63. The summed E-state index contributed by atoms with van der Waals surface area (Å²) in [4.78, 5) is 28.8. The molecule has 1 amide bonds. The van der Waals surface area contributed by atoms with E-state index in [1.54, 1.807) is 0 Å². The lowest BCUT2D eigenvalue weighted by atomic mass is 10.00. The first-order valence-electron chi connectivity index (χ1n) is 11.9. The number of nitrogens with zero attached hydrogens (tertiary/aromatic N) is 4. The van der Waals surface area contributed by atoms with Crippen LogP contribution in [0.3, 0.4) is 0 Å². The molecule has 6 heteroatoms. The molecule has 0 radical (unpaired) electrons. The number of amides is 1. The Bertz CT molecular complexity index is 911. The molecule has 2 aromatic rings. The summed E-state index contributed by atoms with van der Waals surface area (Å²) in [7, 11) is 0. The van der Waals surface area contributed by atoms with Gasteiger partial charge in [0.2, 0.25) is 11.9 Å². The first-order valence-corrected chi connectivity index (χ1v) is 11.9. The molecule has 164 valence electrons. The fourth-order valence-electron chi connectivity index (χ4n) is 5.63. The first-order chi connectivity index (χ1) is 15.1. The monoisotopic (exact) mass is 419 g/mol. The molecule has 1 saturated heterocycles. The van der Waals surface area contributed by atoms with Crippen molar-refractivity contribution in [2.75, 3.05) is 18.0 Å². The van der Waals surface area contributed by atoms with Gasteiger partial charge in [-0.1, -0.05) is 26.7 Å². The molecule has 0 spiro atoms. The van der Waals surface area contributed by atoms with Gasteiger partial charge in [0, 0.05) is 49.2 Å². The van der Waals surface area contributed by atoms with E-state index in [4.69, 9.17) is 9.97 Å². The lowest BCUT2D eigenvalue weighted by Gasteiger charge is -2.33. The van der Waals surface area contributed by atoms with Crippen LogP contribution in [-0.2, 0) is 4.79 Å². The van der Waals surface area contributed by atoms with E-state index in [0.717, 1.165) is 48.7 Å². The number of fused-ring (bicyclic) bond motifs is 1. The van der Waals surface area contributed by atoms with Gasteiger partial charge >= 0.3 is 0 Å². The summed E-state index contributed by atoms with van der Waals surface area (Å²) in [5.74, 6) is 3.09. The molecule has 2 saturated carbocycles. The van der Waals surface area contributed by atoms with E-state index < -0.39 is 0 Å². The Balaban J connectivity index is 1.21. The van der Waals surface area contributed by atoms with Crippen LogP contribution in [-0.4, -0.2) is 40.0 Å². The molecule has 31 heavy (non-hydrogen) atoms. The van der Waals surface area contributed by atoms with Gasteiger partial charge in [-0.2, -0.15) is 0 Å². The molecule has 3 aliphatic rings. The molecule has 2 aromatic heterocycles. The lowest BCUT2D eigenvalue weighted by Crippen LogP contribution is -2.45. The number of hydrogen-bond donors (Lipinski definition) is 1. The van der Waals surface area contributed by atoms with Crippen LogP contribution in [0, 0.1) is 17.8 Å². The van der Waals surface area contributed by atoms with Gasteiger partial charge < -0.3 is 10.2 Å². The highest BCUT2D eigenvalue weighted by molar-refractivity contribution is 5.82. The Morgan fingerprint density at radius 1 is 1.06 bits per heavy atom. The van der Waals surface area contributed by atoms with Crippen molar-refractivity contribution in [3.05, 3.63) is 36.4 Å². The molecule has 6 nitrogen and oxygen atoms in total. The minimum absolute atomic E-state index is 0.284. The van der Waals surface area contributed by atoms with Gasteiger partial charge in [0.15, 0.2) is 0 Å². The average molecular weight is 420 g/mol. The van der Waals surface area contributed by atoms with Gasteiger partial charge in [0.05, 0.1) is 5.69 Å². The fraction of sp³-hybridized carbons (Fsp3) is 0.600. The second-order valence-corrected chi connectivity index (χ2v) is 9.77. The minimum Gasteiger partial charge on any atom is -0.353 e. The number of carbonyl (C=O) groups is 1. The van der Waals surface area contributed by atoms with E-state index in [9.17, 15) is 4.79 Å². The highest BCUT2D eigenvalue weighted by Gasteiger charge is 2.54. The predicted molar refractivity (Wildman–Crippen MR) is 122 cm³/mol. The zero-order valence-corrected chi connectivity index (χ0v) is 18.6. The summed E-state index contributed by atoms with van der Waals surface area (Å²) in [6.45, 7) is 6.12. The molecule has 5 rings (SSSR count). The minimum atomic E-state index is 0.284. The van der Waals surface area contributed by atoms with Crippen molar-refractivity contribution in [3.8, 4) is 11.1 Å². The van der Waals surface area contributed by atoms with E-state index in [1.165, 1.54) is 25.7 Å². The Hall–Kier alpha value is -2.50. The average Bonchev–Trinajstić information content (AvgIpc) is 3.54. The number of anilines is 1. The summed E-state index contributed by atoms with van der Waals surface area (Å²) in [6.07, 6.45) is 12.6.